The summed E-state index contributed by atoms with van der Waals surface area (Å²) in [6.07, 6.45) is 3.44. The van der Waals surface area contributed by atoms with Crippen LogP contribution >= 0.6 is 22.9 Å². The van der Waals surface area contributed by atoms with Crippen LogP contribution in [0.2, 0.25) is 5.02 Å². The van der Waals surface area contributed by atoms with Crippen LogP contribution in [0.1, 0.15) is 22.7 Å². The molecule has 0 bridgehead atoms. The predicted octanol–water partition coefficient (Wildman–Crippen LogP) is 4.28. The molecular formula is C12H13ClN2S. The van der Waals surface area contributed by atoms with E-state index < -0.39 is 0 Å². The zero-order valence-electron chi connectivity index (χ0n) is 9.20. The molecular weight excluding hydrogens is 240 g/mol. The van der Waals surface area contributed by atoms with E-state index >= 15 is 0 Å². The highest BCUT2D eigenvalue weighted by Crippen LogP contribution is 2.28. The third-order valence-corrected chi connectivity index (χ3v) is 3.84. The summed E-state index contributed by atoms with van der Waals surface area (Å²) in [6, 6.07) is 6.31. The molecule has 4 heteroatoms. The lowest BCUT2D eigenvalue weighted by atomic mass is 10.2. The van der Waals surface area contributed by atoms with Crippen LogP contribution in [0.3, 0.4) is 0 Å². The molecule has 84 valence electrons. The fourth-order valence-electron chi connectivity index (χ4n) is 1.47. The summed E-state index contributed by atoms with van der Waals surface area (Å²) in [5.41, 5.74) is 0.878. The first-order valence-corrected chi connectivity index (χ1v) is 6.28. The number of anilines is 1. The van der Waals surface area contributed by atoms with E-state index in [2.05, 4.69) is 36.3 Å². The smallest absolute Gasteiger partial charge is 0.0721 e. The molecule has 16 heavy (non-hydrogen) atoms. The average molecular weight is 253 g/mol. The summed E-state index contributed by atoms with van der Waals surface area (Å²) < 4.78 is 0. The number of nitrogens with one attached hydrogen (secondary N) is 1. The first kappa shape index (κ1) is 11.4. The van der Waals surface area contributed by atoms with Gasteiger partial charge in [-0.05, 0) is 32.0 Å². The zero-order valence-corrected chi connectivity index (χ0v) is 10.8. The van der Waals surface area contributed by atoms with Crippen molar-refractivity contribution in [3.05, 3.63) is 45.4 Å². The summed E-state index contributed by atoms with van der Waals surface area (Å²) in [5.74, 6) is 0. The normalized spacial score (nSPS) is 12.4. The largest absolute Gasteiger partial charge is 0.375 e. The van der Waals surface area contributed by atoms with Crippen LogP contribution in [0.5, 0.6) is 0 Å². The summed E-state index contributed by atoms with van der Waals surface area (Å²) in [7, 11) is 0. The molecule has 0 aliphatic rings. The van der Waals surface area contributed by atoms with Gasteiger partial charge in [-0.2, -0.15) is 0 Å². The van der Waals surface area contributed by atoms with Crippen LogP contribution < -0.4 is 5.32 Å². The number of aryl methyl sites for hydroxylation is 1. The summed E-state index contributed by atoms with van der Waals surface area (Å²) in [5, 5.41) is 4.06. The van der Waals surface area contributed by atoms with E-state index in [4.69, 9.17) is 11.6 Å². The van der Waals surface area contributed by atoms with Crippen LogP contribution in [0.4, 0.5) is 5.69 Å². The molecule has 0 saturated heterocycles. The maximum absolute atomic E-state index is 6.06. The van der Waals surface area contributed by atoms with Crippen molar-refractivity contribution in [2.75, 3.05) is 5.32 Å². The van der Waals surface area contributed by atoms with Crippen LogP contribution in [-0.4, -0.2) is 4.98 Å². The molecule has 0 amide bonds. The first-order chi connectivity index (χ1) is 7.66. The van der Waals surface area contributed by atoms with Gasteiger partial charge in [0.25, 0.3) is 0 Å². The minimum absolute atomic E-state index is 0.250. The van der Waals surface area contributed by atoms with Crippen LogP contribution in [0.15, 0.2) is 30.6 Å². The standard InChI is InChI=1S/C12H13ClN2S/c1-8-3-4-12(16-8)9(2)15-11-7-14-6-5-10(11)13/h3-7,9,15H,1-2H3. The summed E-state index contributed by atoms with van der Waals surface area (Å²) >= 11 is 7.86. The third kappa shape index (κ3) is 2.54. The molecule has 2 nitrogen and oxygen atoms in total. The van der Waals surface area contributed by atoms with E-state index in [1.54, 1.807) is 29.8 Å². The molecule has 0 aliphatic carbocycles. The second-order valence-electron chi connectivity index (χ2n) is 3.67. The van der Waals surface area contributed by atoms with Gasteiger partial charge in [0, 0.05) is 16.0 Å². The SMILES string of the molecule is Cc1ccc(C(C)Nc2cnccc2Cl)s1. The number of aromatic nitrogens is 1. The minimum atomic E-state index is 0.250. The number of hydrogen-bond donors (Lipinski definition) is 1. The Hall–Kier alpha value is -1.06. The zero-order chi connectivity index (χ0) is 11.5. The Bertz CT molecular complexity index is 481. The Morgan fingerprint density at radius 1 is 1.38 bits per heavy atom. The van der Waals surface area contributed by atoms with Crippen molar-refractivity contribution in [1.29, 1.82) is 0 Å². The van der Waals surface area contributed by atoms with Crippen molar-refractivity contribution in [1.82, 2.24) is 4.98 Å². The monoisotopic (exact) mass is 252 g/mol. The van der Waals surface area contributed by atoms with Gasteiger partial charge >= 0.3 is 0 Å². The Morgan fingerprint density at radius 2 is 2.19 bits per heavy atom. The van der Waals surface area contributed by atoms with E-state index in [0.29, 0.717) is 5.02 Å². The highest BCUT2D eigenvalue weighted by atomic mass is 35.5. The van der Waals surface area contributed by atoms with Crippen molar-refractivity contribution < 1.29 is 0 Å². The Morgan fingerprint density at radius 3 is 2.81 bits per heavy atom. The molecule has 2 rings (SSSR count). The number of thiophene rings is 1. The van der Waals surface area contributed by atoms with E-state index in [-0.39, 0.29) is 6.04 Å². The van der Waals surface area contributed by atoms with Crippen LogP contribution in [-0.2, 0) is 0 Å². The molecule has 1 atom stereocenters. The number of pyridine rings is 1. The van der Waals surface area contributed by atoms with Crippen molar-refractivity contribution in [2.24, 2.45) is 0 Å². The Kier molecular flexibility index (Phi) is 3.46. The van der Waals surface area contributed by atoms with Crippen LogP contribution in [0.25, 0.3) is 0 Å². The Balaban J connectivity index is 2.13. The van der Waals surface area contributed by atoms with Gasteiger partial charge in [0.1, 0.15) is 0 Å². The van der Waals surface area contributed by atoms with Crippen LogP contribution in [0, 0.1) is 6.92 Å². The molecule has 1 N–H and O–H groups in total. The number of nitrogens with zero attached hydrogens (tertiary/aromatic N) is 1. The third-order valence-electron chi connectivity index (χ3n) is 2.33. The first-order valence-electron chi connectivity index (χ1n) is 5.09. The Labute approximate surface area is 104 Å². The van der Waals surface area contributed by atoms with E-state index in [9.17, 15) is 0 Å². The van der Waals surface area contributed by atoms with Crippen molar-refractivity contribution in [3.8, 4) is 0 Å². The van der Waals surface area contributed by atoms with Gasteiger partial charge in [0.2, 0.25) is 0 Å². The number of hydrogen-bond acceptors (Lipinski definition) is 3. The average Bonchev–Trinajstić information content (AvgIpc) is 2.68. The second-order valence-corrected chi connectivity index (χ2v) is 5.40. The lowest BCUT2D eigenvalue weighted by molar-refractivity contribution is 0.906. The molecule has 1 unspecified atom stereocenters. The lowest BCUT2D eigenvalue weighted by Gasteiger charge is -2.14. The van der Waals surface area contributed by atoms with Gasteiger partial charge in [0.15, 0.2) is 0 Å². The lowest BCUT2D eigenvalue weighted by Crippen LogP contribution is -2.05. The molecule has 0 aromatic carbocycles. The van der Waals surface area contributed by atoms with Gasteiger partial charge < -0.3 is 5.32 Å². The van der Waals surface area contributed by atoms with Gasteiger partial charge in [-0.25, -0.2) is 0 Å². The number of rotatable bonds is 3. The predicted molar refractivity (Wildman–Crippen MR) is 70.3 cm³/mol. The van der Waals surface area contributed by atoms with E-state index in [1.165, 1.54) is 9.75 Å². The van der Waals surface area contributed by atoms with Gasteiger partial charge in [-0.1, -0.05) is 11.6 Å². The van der Waals surface area contributed by atoms with Gasteiger partial charge in [-0.15, -0.1) is 11.3 Å². The molecule has 2 heterocycles. The maximum atomic E-state index is 6.06. The van der Waals surface area contributed by atoms with E-state index in [1.807, 2.05) is 0 Å². The molecule has 0 radical (unpaired) electrons. The molecule has 2 aromatic heterocycles. The number of halogens is 1. The highest BCUT2D eigenvalue weighted by Gasteiger charge is 2.09. The van der Waals surface area contributed by atoms with E-state index in [0.717, 1.165) is 5.69 Å². The molecule has 2 aromatic rings. The van der Waals surface area contributed by atoms with Crippen molar-refractivity contribution in [2.45, 2.75) is 19.9 Å². The topological polar surface area (TPSA) is 24.9 Å². The summed E-state index contributed by atoms with van der Waals surface area (Å²) in [4.78, 5) is 6.68. The van der Waals surface area contributed by atoms with Crippen molar-refractivity contribution in [3.63, 3.8) is 0 Å². The maximum Gasteiger partial charge on any atom is 0.0721 e. The molecule has 0 spiro atoms. The highest BCUT2D eigenvalue weighted by molar-refractivity contribution is 7.12. The van der Waals surface area contributed by atoms with Gasteiger partial charge in [0.05, 0.1) is 22.9 Å². The quantitative estimate of drug-likeness (QED) is 0.882. The second kappa shape index (κ2) is 4.85. The van der Waals surface area contributed by atoms with Gasteiger partial charge in [-0.3, -0.25) is 4.98 Å². The summed E-state index contributed by atoms with van der Waals surface area (Å²) in [6.45, 7) is 4.23. The van der Waals surface area contributed by atoms with Crippen molar-refractivity contribution >= 4 is 28.6 Å². The fourth-order valence-corrected chi connectivity index (χ4v) is 2.51. The molecule has 0 fully saturated rings. The fraction of sp³-hybridized carbons (Fsp3) is 0.250. The molecule has 0 saturated carbocycles. The molecule has 0 aliphatic heterocycles. The minimum Gasteiger partial charge on any atom is -0.375 e.